The van der Waals surface area contributed by atoms with Gasteiger partial charge in [0.1, 0.15) is 0 Å². The Kier molecular flexibility index (Phi) is 3.14. The molecular formula is C10H18N2O4. The van der Waals surface area contributed by atoms with Crippen molar-refractivity contribution in [2.75, 3.05) is 6.54 Å². The maximum atomic E-state index is 11.6. The summed E-state index contributed by atoms with van der Waals surface area (Å²) in [7, 11) is 0. The smallest absolute Gasteiger partial charge is 0.412 e. The fraction of sp³-hybridized carbons (Fsp3) is 0.800. The van der Waals surface area contributed by atoms with Crippen molar-refractivity contribution in [3.63, 3.8) is 0 Å². The Balaban J connectivity index is 2.86. The molecule has 1 aliphatic heterocycles. The van der Waals surface area contributed by atoms with E-state index in [-0.39, 0.29) is 13.0 Å². The normalized spacial score (nSPS) is 34.0. The number of hydrogen-bond acceptors (Lipinski definition) is 4. The Morgan fingerprint density at radius 1 is 1.56 bits per heavy atom. The van der Waals surface area contributed by atoms with Gasteiger partial charge in [-0.05, 0) is 20.3 Å². The highest BCUT2D eigenvalue weighted by Gasteiger charge is 2.58. The number of carbonyl (C=O) groups excluding carboxylic acids is 2. The molecule has 3 N–H and O–H groups in total. The van der Waals surface area contributed by atoms with Gasteiger partial charge in [0.05, 0.1) is 0 Å². The average Bonchev–Trinajstić information content (AvgIpc) is 2.32. The molecule has 16 heavy (non-hydrogen) atoms. The molecule has 2 atom stereocenters. The van der Waals surface area contributed by atoms with Gasteiger partial charge >= 0.3 is 6.09 Å². The quantitative estimate of drug-likeness (QED) is 0.721. The van der Waals surface area contributed by atoms with E-state index in [1.807, 2.05) is 6.92 Å². The summed E-state index contributed by atoms with van der Waals surface area (Å²) in [6.45, 7) is 5.05. The second kappa shape index (κ2) is 3.93. The number of rotatable bonds is 4. The van der Waals surface area contributed by atoms with E-state index in [4.69, 9.17) is 10.5 Å². The van der Waals surface area contributed by atoms with Gasteiger partial charge < -0.3 is 15.6 Å². The minimum atomic E-state index is -1.42. The van der Waals surface area contributed by atoms with E-state index in [2.05, 4.69) is 0 Å². The van der Waals surface area contributed by atoms with E-state index in [0.29, 0.717) is 6.42 Å². The minimum absolute atomic E-state index is 0.00500. The van der Waals surface area contributed by atoms with Gasteiger partial charge in [-0.25, -0.2) is 4.79 Å². The highest BCUT2D eigenvalue weighted by Crippen LogP contribution is 2.39. The molecule has 6 heteroatoms. The Labute approximate surface area is 94.3 Å². The van der Waals surface area contributed by atoms with Crippen LogP contribution in [0.5, 0.6) is 0 Å². The highest BCUT2D eigenvalue weighted by atomic mass is 16.6. The van der Waals surface area contributed by atoms with Crippen LogP contribution in [-0.2, 0) is 9.53 Å². The molecule has 92 valence electrons. The Morgan fingerprint density at radius 3 is 2.50 bits per heavy atom. The number of aliphatic hydroxyl groups is 1. The number of amides is 2. The average molecular weight is 230 g/mol. The van der Waals surface area contributed by atoms with E-state index in [1.165, 1.54) is 6.92 Å². The number of cyclic esters (lactones) is 1. The molecule has 0 bridgehead atoms. The molecule has 0 unspecified atom stereocenters. The van der Waals surface area contributed by atoms with Crippen molar-refractivity contribution in [2.45, 2.75) is 44.9 Å². The van der Waals surface area contributed by atoms with Crippen LogP contribution in [0.25, 0.3) is 0 Å². The Hall–Kier alpha value is -1.30. The molecule has 1 aliphatic rings. The molecule has 2 amide bonds. The topological polar surface area (TPSA) is 92.9 Å². The van der Waals surface area contributed by atoms with Crippen LogP contribution in [0, 0.1) is 0 Å². The Morgan fingerprint density at radius 2 is 2.12 bits per heavy atom. The molecule has 1 fully saturated rings. The highest BCUT2D eigenvalue weighted by molar-refractivity contribution is 5.76. The number of hydrogen-bond donors (Lipinski definition) is 2. The van der Waals surface area contributed by atoms with Crippen molar-refractivity contribution in [2.24, 2.45) is 5.73 Å². The van der Waals surface area contributed by atoms with E-state index in [0.717, 1.165) is 4.90 Å². The van der Waals surface area contributed by atoms with Crippen molar-refractivity contribution < 1.29 is 19.4 Å². The van der Waals surface area contributed by atoms with Crippen molar-refractivity contribution in [1.29, 1.82) is 0 Å². The summed E-state index contributed by atoms with van der Waals surface area (Å²) in [6.07, 6.45) is -0.125. The standard InChI is InChI=1S/C10H18N2O4/c1-4-9(2)10(3,15)12(8(14)16-9)6-5-7(11)13/h15H,4-6H2,1-3H3,(H2,11,13)/t9-,10+/m1/s1. The maximum Gasteiger partial charge on any atom is 0.412 e. The lowest BCUT2D eigenvalue weighted by Crippen LogP contribution is -2.55. The van der Waals surface area contributed by atoms with Gasteiger partial charge in [0.25, 0.3) is 0 Å². The molecule has 0 saturated carbocycles. The van der Waals surface area contributed by atoms with E-state index in [1.54, 1.807) is 6.92 Å². The van der Waals surface area contributed by atoms with Crippen molar-refractivity contribution in [3.05, 3.63) is 0 Å². The predicted molar refractivity (Wildman–Crippen MR) is 56.3 cm³/mol. The van der Waals surface area contributed by atoms with Gasteiger partial charge in [-0.3, -0.25) is 9.69 Å². The second-order valence-electron chi connectivity index (χ2n) is 4.34. The first-order valence-corrected chi connectivity index (χ1v) is 5.26. The number of carbonyl (C=O) groups is 2. The summed E-state index contributed by atoms with van der Waals surface area (Å²) in [6, 6.07) is 0. The summed E-state index contributed by atoms with van der Waals surface area (Å²) >= 11 is 0. The number of ether oxygens (including phenoxy) is 1. The first kappa shape index (κ1) is 12.8. The maximum absolute atomic E-state index is 11.6. The van der Waals surface area contributed by atoms with E-state index >= 15 is 0 Å². The van der Waals surface area contributed by atoms with Crippen LogP contribution in [0.15, 0.2) is 0 Å². The lowest BCUT2D eigenvalue weighted by atomic mass is 9.91. The van der Waals surface area contributed by atoms with Gasteiger partial charge in [0.2, 0.25) is 5.91 Å². The monoisotopic (exact) mass is 230 g/mol. The molecular weight excluding hydrogens is 212 g/mol. The lowest BCUT2D eigenvalue weighted by Gasteiger charge is -2.36. The van der Waals surface area contributed by atoms with Crippen LogP contribution in [-0.4, -0.2) is 39.9 Å². The largest absolute Gasteiger partial charge is 0.438 e. The van der Waals surface area contributed by atoms with Crippen LogP contribution in [0.1, 0.15) is 33.6 Å². The first-order chi connectivity index (χ1) is 7.24. The van der Waals surface area contributed by atoms with Gasteiger partial charge in [0, 0.05) is 13.0 Å². The third-order valence-corrected chi connectivity index (χ3v) is 3.32. The second-order valence-corrected chi connectivity index (χ2v) is 4.34. The molecule has 0 spiro atoms. The van der Waals surface area contributed by atoms with Crippen LogP contribution in [0.4, 0.5) is 4.79 Å². The number of nitrogens with two attached hydrogens (primary N) is 1. The fourth-order valence-electron chi connectivity index (χ4n) is 1.75. The van der Waals surface area contributed by atoms with E-state index < -0.39 is 23.3 Å². The molecule has 6 nitrogen and oxygen atoms in total. The summed E-state index contributed by atoms with van der Waals surface area (Å²) in [5, 5.41) is 10.3. The fourth-order valence-corrected chi connectivity index (χ4v) is 1.75. The predicted octanol–water partition coefficient (Wildman–Crippen LogP) is 0.191. The van der Waals surface area contributed by atoms with Crippen LogP contribution >= 0.6 is 0 Å². The molecule has 0 radical (unpaired) electrons. The van der Waals surface area contributed by atoms with Gasteiger partial charge in [-0.1, -0.05) is 6.92 Å². The summed E-state index contributed by atoms with van der Waals surface area (Å²) in [5.41, 5.74) is 2.63. The zero-order valence-electron chi connectivity index (χ0n) is 9.82. The third kappa shape index (κ3) is 1.84. The lowest BCUT2D eigenvalue weighted by molar-refractivity contribution is -0.139. The SMILES string of the molecule is CC[C@@]1(C)OC(=O)N(CCC(N)=O)[C@@]1(C)O. The summed E-state index contributed by atoms with van der Waals surface area (Å²) in [5.74, 6) is -0.520. The van der Waals surface area contributed by atoms with Crippen LogP contribution in [0.3, 0.4) is 0 Å². The molecule has 1 saturated heterocycles. The number of nitrogens with zero attached hydrogens (tertiary/aromatic N) is 1. The van der Waals surface area contributed by atoms with Crippen molar-refractivity contribution in [3.8, 4) is 0 Å². The zero-order valence-corrected chi connectivity index (χ0v) is 9.82. The van der Waals surface area contributed by atoms with E-state index in [9.17, 15) is 14.7 Å². The van der Waals surface area contributed by atoms with Crippen LogP contribution < -0.4 is 5.73 Å². The molecule has 1 heterocycles. The number of primary amides is 1. The summed E-state index contributed by atoms with van der Waals surface area (Å²) < 4.78 is 5.14. The third-order valence-electron chi connectivity index (χ3n) is 3.32. The van der Waals surface area contributed by atoms with Crippen LogP contribution in [0.2, 0.25) is 0 Å². The van der Waals surface area contributed by atoms with Gasteiger partial charge in [0.15, 0.2) is 11.3 Å². The molecule has 0 aromatic carbocycles. The summed E-state index contributed by atoms with van der Waals surface area (Å²) in [4.78, 5) is 23.4. The molecule has 0 aromatic rings. The molecule has 1 rings (SSSR count). The van der Waals surface area contributed by atoms with Crippen molar-refractivity contribution in [1.82, 2.24) is 4.90 Å². The first-order valence-electron chi connectivity index (χ1n) is 5.26. The Bertz CT molecular complexity index is 316. The minimum Gasteiger partial charge on any atom is -0.438 e. The van der Waals surface area contributed by atoms with Gasteiger partial charge in [-0.15, -0.1) is 0 Å². The van der Waals surface area contributed by atoms with Gasteiger partial charge in [-0.2, -0.15) is 0 Å². The molecule has 0 aliphatic carbocycles. The molecule has 0 aromatic heterocycles. The van der Waals surface area contributed by atoms with Crippen molar-refractivity contribution >= 4 is 12.0 Å². The zero-order chi connectivity index (χ0) is 12.6.